The van der Waals surface area contributed by atoms with Crippen LogP contribution in [0.1, 0.15) is 44.3 Å². The molecule has 1 aromatic carbocycles. The summed E-state index contributed by atoms with van der Waals surface area (Å²) in [5.74, 6) is 1.68. The summed E-state index contributed by atoms with van der Waals surface area (Å²) in [4.78, 5) is 35.4. The molecule has 9 nitrogen and oxygen atoms in total. The molecule has 0 aliphatic carbocycles. The Balaban J connectivity index is 1.26. The van der Waals surface area contributed by atoms with Gasteiger partial charge < -0.3 is 14.7 Å². The Labute approximate surface area is 182 Å². The molecule has 0 radical (unpaired) electrons. The third-order valence-electron chi connectivity index (χ3n) is 5.73. The summed E-state index contributed by atoms with van der Waals surface area (Å²) in [6, 6.07) is 7.51. The zero-order chi connectivity index (χ0) is 21.8. The minimum absolute atomic E-state index is 0.0639. The first-order valence-corrected chi connectivity index (χ1v) is 11.0. The van der Waals surface area contributed by atoms with Crippen molar-refractivity contribution in [1.29, 1.82) is 0 Å². The second kappa shape index (κ2) is 9.57. The van der Waals surface area contributed by atoms with E-state index in [9.17, 15) is 9.59 Å². The molecule has 2 aliphatic heterocycles. The van der Waals surface area contributed by atoms with Crippen LogP contribution in [-0.2, 0) is 16.1 Å². The molecule has 0 unspecified atom stereocenters. The number of benzene rings is 1. The molecule has 0 bridgehead atoms. The number of amides is 2. The van der Waals surface area contributed by atoms with Gasteiger partial charge in [-0.25, -0.2) is 0 Å². The lowest BCUT2D eigenvalue weighted by molar-refractivity contribution is -0.118. The largest absolute Gasteiger partial charge is 0.338 e. The SMILES string of the molecule is CC(C)c1noc(CN2CCN(CC(=O)Nc3ccccc3N3CCCC3=O)CC2)n1. The number of hydrogen-bond donors (Lipinski definition) is 1. The lowest BCUT2D eigenvalue weighted by Crippen LogP contribution is -2.48. The number of para-hydroxylation sites is 2. The Hall–Kier alpha value is -2.78. The van der Waals surface area contributed by atoms with Gasteiger partial charge in [-0.05, 0) is 18.6 Å². The van der Waals surface area contributed by atoms with E-state index in [0.717, 1.165) is 44.1 Å². The molecule has 0 spiro atoms. The average Bonchev–Trinajstić information content (AvgIpc) is 3.39. The maximum atomic E-state index is 12.7. The van der Waals surface area contributed by atoms with Crippen LogP contribution < -0.4 is 10.2 Å². The molecule has 1 N–H and O–H groups in total. The van der Waals surface area contributed by atoms with Gasteiger partial charge in [-0.15, -0.1) is 0 Å². The molecule has 0 atom stereocenters. The number of nitrogens with one attached hydrogen (secondary N) is 1. The standard InChI is InChI=1S/C22H30N6O3/c1-16(2)22-24-20(31-25-22)15-27-12-10-26(11-13-27)14-19(29)23-17-6-3-4-7-18(17)28-9-5-8-21(28)30/h3-4,6-7,16H,5,8-15H2,1-2H3,(H,23,29). The van der Waals surface area contributed by atoms with Crippen LogP contribution in [0.15, 0.2) is 28.8 Å². The van der Waals surface area contributed by atoms with Gasteiger partial charge in [0.05, 0.1) is 24.5 Å². The van der Waals surface area contributed by atoms with Gasteiger partial charge in [0.2, 0.25) is 17.7 Å². The van der Waals surface area contributed by atoms with Gasteiger partial charge in [0, 0.05) is 45.1 Å². The number of aromatic nitrogens is 2. The van der Waals surface area contributed by atoms with E-state index < -0.39 is 0 Å². The number of carbonyl (C=O) groups is 2. The second-order valence-corrected chi connectivity index (χ2v) is 8.47. The van der Waals surface area contributed by atoms with Crippen LogP contribution in [0.5, 0.6) is 0 Å². The van der Waals surface area contributed by atoms with Gasteiger partial charge in [-0.2, -0.15) is 4.98 Å². The molecule has 0 saturated carbocycles. The summed E-state index contributed by atoms with van der Waals surface area (Å²) in [5.41, 5.74) is 1.47. The van der Waals surface area contributed by atoms with E-state index in [4.69, 9.17) is 4.52 Å². The summed E-state index contributed by atoms with van der Waals surface area (Å²) in [7, 11) is 0. The highest BCUT2D eigenvalue weighted by Crippen LogP contribution is 2.29. The first kappa shape index (κ1) is 21.5. The highest BCUT2D eigenvalue weighted by atomic mass is 16.5. The quantitative estimate of drug-likeness (QED) is 0.724. The van der Waals surface area contributed by atoms with Crippen LogP contribution in [-0.4, -0.2) is 71.0 Å². The van der Waals surface area contributed by atoms with E-state index in [2.05, 4.69) is 25.3 Å². The van der Waals surface area contributed by atoms with E-state index in [1.807, 2.05) is 38.1 Å². The monoisotopic (exact) mass is 426 g/mol. The third-order valence-corrected chi connectivity index (χ3v) is 5.73. The molecule has 1 aromatic heterocycles. The van der Waals surface area contributed by atoms with Crippen LogP contribution in [0.3, 0.4) is 0 Å². The van der Waals surface area contributed by atoms with Crippen molar-refractivity contribution in [3.05, 3.63) is 36.0 Å². The second-order valence-electron chi connectivity index (χ2n) is 8.47. The van der Waals surface area contributed by atoms with Gasteiger partial charge >= 0.3 is 0 Å². The van der Waals surface area contributed by atoms with Gasteiger partial charge in [0.25, 0.3) is 0 Å². The first-order chi connectivity index (χ1) is 15.0. The fourth-order valence-corrected chi connectivity index (χ4v) is 3.97. The fourth-order valence-electron chi connectivity index (χ4n) is 3.97. The molecule has 2 amide bonds. The predicted molar refractivity (Wildman–Crippen MR) is 117 cm³/mol. The zero-order valence-electron chi connectivity index (χ0n) is 18.2. The van der Waals surface area contributed by atoms with E-state index >= 15 is 0 Å². The highest BCUT2D eigenvalue weighted by Gasteiger charge is 2.25. The minimum Gasteiger partial charge on any atom is -0.338 e. The van der Waals surface area contributed by atoms with Crippen molar-refractivity contribution in [2.75, 3.05) is 49.5 Å². The summed E-state index contributed by atoms with van der Waals surface area (Å²) in [6.45, 7) is 9.02. The Morgan fingerprint density at radius 2 is 1.87 bits per heavy atom. The Bertz CT molecular complexity index is 919. The lowest BCUT2D eigenvalue weighted by atomic mass is 10.2. The molecule has 2 aliphatic rings. The van der Waals surface area contributed by atoms with Crippen LogP contribution in [0.25, 0.3) is 0 Å². The normalized spacial score (nSPS) is 18.2. The lowest BCUT2D eigenvalue weighted by Gasteiger charge is -2.33. The van der Waals surface area contributed by atoms with Crippen molar-refractivity contribution in [1.82, 2.24) is 19.9 Å². The van der Waals surface area contributed by atoms with Gasteiger partial charge in [0.1, 0.15) is 0 Å². The van der Waals surface area contributed by atoms with Crippen molar-refractivity contribution in [2.24, 2.45) is 0 Å². The fraction of sp³-hybridized carbons (Fsp3) is 0.545. The molecule has 2 aromatic rings. The number of anilines is 2. The number of rotatable bonds is 7. The summed E-state index contributed by atoms with van der Waals surface area (Å²) >= 11 is 0. The topological polar surface area (TPSA) is 94.8 Å². The van der Waals surface area contributed by atoms with Crippen molar-refractivity contribution in [3.63, 3.8) is 0 Å². The smallest absolute Gasteiger partial charge is 0.240 e. The summed E-state index contributed by atoms with van der Waals surface area (Å²) < 4.78 is 5.34. The van der Waals surface area contributed by atoms with E-state index in [1.165, 1.54) is 0 Å². The van der Waals surface area contributed by atoms with Crippen LogP contribution in [0.4, 0.5) is 11.4 Å². The number of piperazine rings is 1. The van der Waals surface area contributed by atoms with Crippen LogP contribution >= 0.6 is 0 Å². The molecular weight excluding hydrogens is 396 g/mol. The van der Waals surface area contributed by atoms with Crippen molar-refractivity contribution >= 4 is 23.2 Å². The van der Waals surface area contributed by atoms with Crippen molar-refractivity contribution in [2.45, 2.75) is 39.2 Å². The number of hydrogen-bond acceptors (Lipinski definition) is 7. The van der Waals surface area contributed by atoms with Gasteiger partial charge in [-0.3, -0.25) is 19.4 Å². The number of carbonyl (C=O) groups excluding carboxylic acids is 2. The van der Waals surface area contributed by atoms with Gasteiger partial charge in [-0.1, -0.05) is 31.1 Å². The summed E-state index contributed by atoms with van der Waals surface area (Å²) in [5, 5.41) is 7.01. The first-order valence-electron chi connectivity index (χ1n) is 11.0. The maximum absolute atomic E-state index is 12.7. The molecule has 166 valence electrons. The molecule has 9 heteroatoms. The molecule has 3 heterocycles. The van der Waals surface area contributed by atoms with Crippen LogP contribution in [0.2, 0.25) is 0 Å². The zero-order valence-corrected chi connectivity index (χ0v) is 18.2. The van der Waals surface area contributed by atoms with Crippen molar-refractivity contribution in [3.8, 4) is 0 Å². The average molecular weight is 427 g/mol. The Morgan fingerprint density at radius 3 is 2.55 bits per heavy atom. The highest BCUT2D eigenvalue weighted by molar-refractivity contribution is 6.02. The van der Waals surface area contributed by atoms with Gasteiger partial charge in [0.15, 0.2) is 5.82 Å². The molecular formula is C22H30N6O3. The molecule has 31 heavy (non-hydrogen) atoms. The van der Waals surface area contributed by atoms with Crippen LogP contribution in [0, 0.1) is 0 Å². The van der Waals surface area contributed by atoms with E-state index in [-0.39, 0.29) is 17.7 Å². The maximum Gasteiger partial charge on any atom is 0.240 e. The summed E-state index contributed by atoms with van der Waals surface area (Å²) in [6.07, 6.45) is 1.42. The minimum atomic E-state index is -0.0639. The molecule has 4 rings (SSSR count). The third kappa shape index (κ3) is 5.29. The Morgan fingerprint density at radius 1 is 1.13 bits per heavy atom. The Kier molecular flexibility index (Phi) is 6.62. The van der Waals surface area contributed by atoms with Crippen molar-refractivity contribution < 1.29 is 14.1 Å². The predicted octanol–water partition coefficient (Wildman–Crippen LogP) is 2.08. The van der Waals surface area contributed by atoms with E-state index in [0.29, 0.717) is 37.6 Å². The molecule has 2 fully saturated rings. The number of nitrogens with zero attached hydrogens (tertiary/aromatic N) is 5. The van der Waals surface area contributed by atoms with E-state index in [1.54, 1.807) is 4.90 Å². The molecule has 2 saturated heterocycles.